The maximum Gasteiger partial charge on any atom is 0.139 e. The molecule has 0 amide bonds. The van der Waals surface area contributed by atoms with Crippen LogP contribution in [0.3, 0.4) is 0 Å². The Labute approximate surface area is 121 Å². The molecule has 0 radical (unpaired) electrons. The third-order valence-electron chi connectivity index (χ3n) is 2.71. The molecule has 0 saturated carbocycles. The van der Waals surface area contributed by atoms with Crippen LogP contribution in [0.15, 0.2) is 18.2 Å². The van der Waals surface area contributed by atoms with Crippen molar-refractivity contribution in [3.05, 3.63) is 45.2 Å². The first kappa shape index (κ1) is 13.7. The Balaban J connectivity index is 2.25. The molecule has 6 heteroatoms. The van der Waals surface area contributed by atoms with Crippen molar-refractivity contribution < 1.29 is 4.74 Å². The topological polar surface area (TPSA) is 50.8 Å². The first-order valence-electron chi connectivity index (χ1n) is 5.54. The number of nitrogens with zero attached hydrogens (tertiary/aromatic N) is 3. The lowest BCUT2D eigenvalue weighted by atomic mass is 10.2. The molecule has 0 bridgehead atoms. The van der Waals surface area contributed by atoms with Gasteiger partial charge in [-0.15, -0.1) is 0 Å². The minimum absolute atomic E-state index is 0.227. The number of benzene rings is 1. The van der Waals surface area contributed by atoms with Gasteiger partial charge in [-0.1, -0.05) is 29.3 Å². The Kier molecular flexibility index (Phi) is 3.98. The van der Waals surface area contributed by atoms with Gasteiger partial charge in [0.2, 0.25) is 0 Å². The standard InChI is InChI=1S/C13H11Cl2N3O/c1-8-13(15)11(18(2)17-8)7-19-12-5-3-4-10(14)9(12)6-16/h3-5H,7H2,1-2H3. The smallest absolute Gasteiger partial charge is 0.139 e. The zero-order valence-corrected chi connectivity index (χ0v) is 12.0. The fraction of sp³-hybridized carbons (Fsp3) is 0.231. The molecular weight excluding hydrogens is 285 g/mol. The van der Waals surface area contributed by atoms with E-state index in [9.17, 15) is 0 Å². The summed E-state index contributed by atoms with van der Waals surface area (Å²) in [5.74, 6) is 0.435. The molecule has 1 aromatic heterocycles. The Morgan fingerprint density at radius 2 is 2.16 bits per heavy atom. The monoisotopic (exact) mass is 295 g/mol. The number of hydrogen-bond acceptors (Lipinski definition) is 3. The maximum atomic E-state index is 9.05. The molecule has 1 heterocycles. The summed E-state index contributed by atoms with van der Waals surface area (Å²) < 4.78 is 7.28. The van der Waals surface area contributed by atoms with Crippen LogP contribution in [-0.4, -0.2) is 9.78 Å². The van der Waals surface area contributed by atoms with Crippen LogP contribution < -0.4 is 4.74 Å². The lowest BCUT2D eigenvalue weighted by Gasteiger charge is -2.09. The zero-order valence-electron chi connectivity index (χ0n) is 10.4. The molecule has 0 aliphatic heterocycles. The van der Waals surface area contributed by atoms with Crippen molar-refractivity contribution >= 4 is 23.2 Å². The van der Waals surface area contributed by atoms with E-state index in [1.54, 1.807) is 29.9 Å². The minimum Gasteiger partial charge on any atom is -0.486 e. The van der Waals surface area contributed by atoms with E-state index < -0.39 is 0 Å². The molecule has 0 spiro atoms. The van der Waals surface area contributed by atoms with Crippen LogP contribution in [-0.2, 0) is 13.7 Å². The maximum absolute atomic E-state index is 9.05. The van der Waals surface area contributed by atoms with Crippen LogP contribution in [0.5, 0.6) is 5.75 Å². The average molecular weight is 296 g/mol. The van der Waals surface area contributed by atoms with E-state index in [2.05, 4.69) is 5.10 Å². The van der Waals surface area contributed by atoms with Crippen molar-refractivity contribution in [2.45, 2.75) is 13.5 Å². The van der Waals surface area contributed by atoms with Gasteiger partial charge in [-0.2, -0.15) is 10.4 Å². The lowest BCUT2D eigenvalue weighted by Crippen LogP contribution is -2.04. The average Bonchev–Trinajstić information content (AvgIpc) is 2.61. The van der Waals surface area contributed by atoms with Crippen LogP contribution in [0.25, 0.3) is 0 Å². The number of aryl methyl sites for hydroxylation is 2. The second-order valence-corrected chi connectivity index (χ2v) is 4.77. The molecule has 0 aliphatic rings. The first-order chi connectivity index (χ1) is 9.04. The number of halogens is 2. The van der Waals surface area contributed by atoms with Crippen molar-refractivity contribution in [1.29, 1.82) is 5.26 Å². The third kappa shape index (κ3) is 2.67. The first-order valence-corrected chi connectivity index (χ1v) is 6.29. The third-order valence-corrected chi connectivity index (χ3v) is 3.52. The summed E-state index contributed by atoms with van der Waals surface area (Å²) in [7, 11) is 1.79. The molecule has 0 atom stereocenters. The van der Waals surface area contributed by atoms with Crippen LogP contribution >= 0.6 is 23.2 Å². The van der Waals surface area contributed by atoms with E-state index in [-0.39, 0.29) is 6.61 Å². The Bertz CT molecular complexity index is 659. The van der Waals surface area contributed by atoms with Gasteiger partial charge in [0.05, 0.1) is 21.4 Å². The van der Waals surface area contributed by atoms with Crippen LogP contribution in [0.1, 0.15) is 17.0 Å². The molecule has 0 saturated heterocycles. The highest BCUT2D eigenvalue weighted by molar-refractivity contribution is 6.32. The van der Waals surface area contributed by atoms with Gasteiger partial charge in [-0.25, -0.2) is 0 Å². The number of aromatic nitrogens is 2. The van der Waals surface area contributed by atoms with Gasteiger partial charge < -0.3 is 4.74 Å². The number of nitriles is 1. The molecule has 2 aromatic rings. The van der Waals surface area contributed by atoms with Crippen molar-refractivity contribution in [2.24, 2.45) is 7.05 Å². The fourth-order valence-corrected chi connectivity index (χ4v) is 2.14. The highest BCUT2D eigenvalue weighted by Gasteiger charge is 2.13. The van der Waals surface area contributed by atoms with Gasteiger partial charge in [-0.05, 0) is 19.1 Å². The number of ether oxygens (including phenoxy) is 1. The molecule has 2 rings (SSSR count). The Hall–Kier alpha value is -1.70. The summed E-state index contributed by atoms with van der Waals surface area (Å²) in [6.45, 7) is 2.05. The van der Waals surface area contributed by atoms with Gasteiger partial charge in [-0.3, -0.25) is 4.68 Å². The van der Waals surface area contributed by atoms with E-state index in [1.807, 2.05) is 13.0 Å². The van der Waals surface area contributed by atoms with Crippen molar-refractivity contribution in [1.82, 2.24) is 9.78 Å². The van der Waals surface area contributed by atoms with Crippen molar-refractivity contribution in [3.63, 3.8) is 0 Å². The Morgan fingerprint density at radius 1 is 1.42 bits per heavy atom. The highest BCUT2D eigenvalue weighted by Crippen LogP contribution is 2.27. The molecule has 0 aliphatic carbocycles. The zero-order chi connectivity index (χ0) is 14.0. The van der Waals surface area contributed by atoms with Gasteiger partial charge in [0.15, 0.2) is 0 Å². The number of rotatable bonds is 3. The highest BCUT2D eigenvalue weighted by atomic mass is 35.5. The largest absolute Gasteiger partial charge is 0.486 e. The molecule has 0 unspecified atom stereocenters. The number of hydrogen-bond donors (Lipinski definition) is 0. The van der Waals surface area contributed by atoms with E-state index in [0.29, 0.717) is 21.4 Å². The Morgan fingerprint density at radius 3 is 2.74 bits per heavy atom. The summed E-state index contributed by atoms with van der Waals surface area (Å²) >= 11 is 12.1. The summed E-state index contributed by atoms with van der Waals surface area (Å²) in [5, 5.41) is 14.2. The molecule has 0 N–H and O–H groups in total. The molecular formula is C13H11Cl2N3O. The van der Waals surface area contributed by atoms with Gasteiger partial charge >= 0.3 is 0 Å². The van der Waals surface area contributed by atoms with E-state index in [1.165, 1.54) is 0 Å². The minimum atomic E-state index is 0.227. The van der Waals surface area contributed by atoms with E-state index in [4.69, 9.17) is 33.2 Å². The SMILES string of the molecule is Cc1nn(C)c(COc2cccc(Cl)c2C#N)c1Cl. The van der Waals surface area contributed by atoms with Crippen molar-refractivity contribution in [2.75, 3.05) is 0 Å². The van der Waals surface area contributed by atoms with Crippen LogP contribution in [0, 0.1) is 18.3 Å². The summed E-state index contributed by atoms with van der Waals surface area (Å²) in [6.07, 6.45) is 0. The summed E-state index contributed by atoms with van der Waals surface area (Å²) in [5.41, 5.74) is 1.82. The quantitative estimate of drug-likeness (QED) is 0.871. The normalized spacial score (nSPS) is 10.3. The molecule has 98 valence electrons. The van der Waals surface area contributed by atoms with Gasteiger partial charge in [0, 0.05) is 7.05 Å². The molecule has 0 fully saturated rings. The second-order valence-electron chi connectivity index (χ2n) is 3.98. The second kappa shape index (κ2) is 5.52. The van der Waals surface area contributed by atoms with E-state index in [0.717, 1.165) is 11.4 Å². The molecule has 1 aromatic carbocycles. The molecule has 4 nitrogen and oxygen atoms in total. The van der Waals surface area contributed by atoms with Crippen molar-refractivity contribution in [3.8, 4) is 11.8 Å². The molecule has 19 heavy (non-hydrogen) atoms. The van der Waals surface area contributed by atoms with Crippen LogP contribution in [0.2, 0.25) is 10.0 Å². The fourth-order valence-electron chi connectivity index (χ4n) is 1.72. The predicted molar refractivity (Wildman–Crippen MR) is 73.5 cm³/mol. The van der Waals surface area contributed by atoms with Gasteiger partial charge in [0.25, 0.3) is 0 Å². The lowest BCUT2D eigenvalue weighted by molar-refractivity contribution is 0.294. The van der Waals surface area contributed by atoms with Crippen LogP contribution in [0.4, 0.5) is 0 Å². The van der Waals surface area contributed by atoms with E-state index >= 15 is 0 Å². The van der Waals surface area contributed by atoms with Gasteiger partial charge in [0.1, 0.15) is 24.0 Å². The summed E-state index contributed by atoms with van der Waals surface area (Å²) in [6, 6.07) is 7.10. The summed E-state index contributed by atoms with van der Waals surface area (Å²) in [4.78, 5) is 0. The predicted octanol–water partition coefficient (Wildman–Crippen LogP) is 3.49.